The minimum atomic E-state index is -0.127. The van der Waals surface area contributed by atoms with Crippen LogP contribution < -0.4 is 14.8 Å². The number of nitrogens with one attached hydrogen (secondary N) is 1. The molecule has 0 amide bonds. The molecule has 0 saturated heterocycles. The van der Waals surface area contributed by atoms with Crippen LogP contribution in [0.3, 0.4) is 0 Å². The molecule has 2 aliphatic rings. The van der Waals surface area contributed by atoms with Crippen LogP contribution in [0.15, 0.2) is 24.3 Å². The highest BCUT2D eigenvalue weighted by Gasteiger charge is 2.42. The molecule has 2 atom stereocenters. The molecule has 0 aliphatic heterocycles. The minimum absolute atomic E-state index is 0.127. The van der Waals surface area contributed by atoms with E-state index in [-0.39, 0.29) is 18.2 Å². The second kappa shape index (κ2) is 5.62. The molecule has 0 radical (unpaired) electrons. The molecule has 1 aromatic rings. The van der Waals surface area contributed by atoms with Crippen molar-refractivity contribution in [2.75, 3.05) is 13.7 Å². The van der Waals surface area contributed by atoms with Gasteiger partial charge in [0.15, 0.2) is 0 Å². The summed E-state index contributed by atoms with van der Waals surface area (Å²) in [5.74, 6) is 1.71. The van der Waals surface area contributed by atoms with Crippen molar-refractivity contribution < 1.29 is 14.6 Å². The summed E-state index contributed by atoms with van der Waals surface area (Å²) in [4.78, 5) is 0. The monoisotopic (exact) mass is 277 g/mol. The lowest BCUT2D eigenvalue weighted by Crippen LogP contribution is -2.48. The largest absolute Gasteiger partial charge is 0.497 e. The fourth-order valence-electron chi connectivity index (χ4n) is 3.01. The van der Waals surface area contributed by atoms with Crippen LogP contribution in [-0.2, 0) is 0 Å². The summed E-state index contributed by atoms with van der Waals surface area (Å²) in [5, 5.41) is 13.3. The van der Waals surface area contributed by atoms with Crippen LogP contribution >= 0.6 is 0 Å². The topological polar surface area (TPSA) is 50.7 Å². The second-order valence-electron chi connectivity index (χ2n) is 6.02. The summed E-state index contributed by atoms with van der Waals surface area (Å²) in [6, 6.07) is 8.30. The van der Waals surface area contributed by atoms with Crippen molar-refractivity contribution in [3.63, 3.8) is 0 Å². The van der Waals surface area contributed by atoms with Crippen molar-refractivity contribution >= 4 is 0 Å². The number of rotatable bonds is 6. The van der Waals surface area contributed by atoms with Crippen molar-refractivity contribution in [2.24, 2.45) is 0 Å². The average Bonchev–Trinajstić information content (AvgIpc) is 3.20. The number of ether oxygens (including phenoxy) is 2. The first-order chi connectivity index (χ1) is 9.73. The third-order valence-electron chi connectivity index (χ3n) is 4.32. The molecule has 0 bridgehead atoms. The summed E-state index contributed by atoms with van der Waals surface area (Å²) >= 11 is 0. The average molecular weight is 277 g/mol. The Morgan fingerprint density at radius 3 is 2.50 bits per heavy atom. The van der Waals surface area contributed by atoms with E-state index < -0.39 is 0 Å². The van der Waals surface area contributed by atoms with E-state index in [0.29, 0.717) is 6.04 Å². The van der Waals surface area contributed by atoms with Gasteiger partial charge in [0.1, 0.15) is 17.6 Å². The summed E-state index contributed by atoms with van der Waals surface area (Å²) in [6.45, 7) is 0.200. The van der Waals surface area contributed by atoms with Crippen molar-refractivity contribution in [1.29, 1.82) is 0 Å². The van der Waals surface area contributed by atoms with E-state index in [2.05, 4.69) is 5.32 Å². The zero-order chi connectivity index (χ0) is 14.0. The van der Waals surface area contributed by atoms with Gasteiger partial charge in [-0.15, -0.1) is 0 Å². The van der Waals surface area contributed by atoms with Crippen molar-refractivity contribution in [2.45, 2.75) is 49.8 Å². The third kappa shape index (κ3) is 3.07. The van der Waals surface area contributed by atoms with Crippen molar-refractivity contribution in [3.05, 3.63) is 24.3 Å². The van der Waals surface area contributed by atoms with E-state index in [4.69, 9.17) is 9.47 Å². The summed E-state index contributed by atoms with van der Waals surface area (Å²) < 4.78 is 11.2. The quantitative estimate of drug-likeness (QED) is 0.836. The Labute approximate surface area is 120 Å². The van der Waals surface area contributed by atoms with E-state index in [1.165, 1.54) is 12.8 Å². The predicted octanol–water partition coefficient (Wildman–Crippen LogP) is 2.11. The minimum Gasteiger partial charge on any atom is -0.497 e. The molecular formula is C16H23NO3. The van der Waals surface area contributed by atoms with Gasteiger partial charge in [-0.25, -0.2) is 0 Å². The number of hydrogen-bond donors (Lipinski definition) is 2. The Morgan fingerprint density at radius 2 is 1.90 bits per heavy atom. The van der Waals surface area contributed by atoms with Gasteiger partial charge in [-0.3, -0.25) is 0 Å². The lowest BCUT2D eigenvalue weighted by Gasteiger charge is -2.28. The maximum atomic E-state index is 9.71. The molecule has 2 N–H and O–H groups in total. The van der Waals surface area contributed by atoms with Gasteiger partial charge in [-0.2, -0.15) is 0 Å². The SMILES string of the molecule is COc1ccc(OC2CCC(CO)(NC3CC3)C2)cc1. The zero-order valence-electron chi connectivity index (χ0n) is 12.0. The number of methoxy groups -OCH3 is 1. The highest BCUT2D eigenvalue weighted by molar-refractivity contribution is 5.31. The Balaban J connectivity index is 1.58. The van der Waals surface area contributed by atoms with E-state index >= 15 is 0 Å². The lowest BCUT2D eigenvalue weighted by molar-refractivity contribution is 0.139. The molecule has 4 nitrogen and oxygen atoms in total. The lowest BCUT2D eigenvalue weighted by atomic mass is 9.98. The van der Waals surface area contributed by atoms with Crippen LogP contribution in [0.5, 0.6) is 11.5 Å². The van der Waals surface area contributed by atoms with E-state index in [1.807, 2.05) is 24.3 Å². The smallest absolute Gasteiger partial charge is 0.119 e. The highest BCUT2D eigenvalue weighted by atomic mass is 16.5. The van der Waals surface area contributed by atoms with Gasteiger partial charge in [0.2, 0.25) is 0 Å². The van der Waals surface area contributed by atoms with E-state index in [9.17, 15) is 5.11 Å². The fraction of sp³-hybridized carbons (Fsp3) is 0.625. The maximum absolute atomic E-state index is 9.71. The molecule has 1 aromatic carbocycles. The van der Waals surface area contributed by atoms with Crippen LogP contribution in [0.25, 0.3) is 0 Å². The highest BCUT2D eigenvalue weighted by Crippen LogP contribution is 2.35. The fourth-order valence-corrected chi connectivity index (χ4v) is 3.01. The van der Waals surface area contributed by atoms with Crippen molar-refractivity contribution in [1.82, 2.24) is 5.32 Å². The zero-order valence-corrected chi connectivity index (χ0v) is 12.0. The van der Waals surface area contributed by atoms with Gasteiger partial charge in [0.25, 0.3) is 0 Å². The molecule has 110 valence electrons. The van der Waals surface area contributed by atoms with Gasteiger partial charge in [-0.1, -0.05) is 0 Å². The summed E-state index contributed by atoms with van der Waals surface area (Å²) in [5.41, 5.74) is -0.127. The number of aliphatic hydroxyl groups is 1. The standard InChI is InChI=1S/C16H23NO3/c1-19-13-4-6-14(7-5-13)20-15-8-9-16(10-15,11-18)17-12-2-3-12/h4-7,12,15,17-18H,2-3,8-11H2,1H3. The molecule has 2 unspecified atom stereocenters. The predicted molar refractivity (Wildman–Crippen MR) is 77.2 cm³/mol. The summed E-state index contributed by atoms with van der Waals surface area (Å²) in [7, 11) is 1.66. The molecule has 3 rings (SSSR count). The van der Waals surface area contributed by atoms with Crippen LogP contribution in [0.4, 0.5) is 0 Å². The van der Waals surface area contributed by atoms with Crippen LogP contribution in [0.2, 0.25) is 0 Å². The number of benzene rings is 1. The first-order valence-corrected chi connectivity index (χ1v) is 7.42. The molecule has 4 heteroatoms. The van der Waals surface area contributed by atoms with Crippen LogP contribution in [0.1, 0.15) is 32.1 Å². The molecule has 20 heavy (non-hydrogen) atoms. The van der Waals surface area contributed by atoms with Crippen LogP contribution in [0, 0.1) is 0 Å². The normalized spacial score (nSPS) is 29.4. The first-order valence-electron chi connectivity index (χ1n) is 7.42. The third-order valence-corrected chi connectivity index (χ3v) is 4.32. The van der Waals surface area contributed by atoms with Gasteiger partial charge in [0.05, 0.1) is 13.7 Å². The summed E-state index contributed by atoms with van der Waals surface area (Å²) in [6.07, 6.45) is 5.53. The Hall–Kier alpha value is -1.26. The second-order valence-corrected chi connectivity index (χ2v) is 6.02. The molecule has 2 aliphatic carbocycles. The number of aliphatic hydroxyl groups excluding tert-OH is 1. The van der Waals surface area contributed by atoms with Gasteiger partial charge in [-0.05, 0) is 49.9 Å². The Bertz CT molecular complexity index is 444. The molecular weight excluding hydrogens is 254 g/mol. The van der Waals surface area contributed by atoms with E-state index in [1.54, 1.807) is 7.11 Å². The van der Waals surface area contributed by atoms with Crippen LogP contribution in [-0.4, -0.2) is 36.5 Å². The molecule has 0 aromatic heterocycles. The molecule has 2 fully saturated rings. The van der Waals surface area contributed by atoms with Gasteiger partial charge < -0.3 is 19.9 Å². The molecule has 2 saturated carbocycles. The Morgan fingerprint density at radius 1 is 1.20 bits per heavy atom. The molecule has 0 heterocycles. The van der Waals surface area contributed by atoms with E-state index in [0.717, 1.165) is 30.8 Å². The number of hydrogen-bond acceptors (Lipinski definition) is 4. The maximum Gasteiger partial charge on any atom is 0.119 e. The Kier molecular flexibility index (Phi) is 3.85. The van der Waals surface area contributed by atoms with Crippen molar-refractivity contribution in [3.8, 4) is 11.5 Å². The molecule has 0 spiro atoms. The van der Waals surface area contributed by atoms with Gasteiger partial charge >= 0.3 is 0 Å². The first kappa shape index (κ1) is 13.7. The van der Waals surface area contributed by atoms with Gasteiger partial charge in [0, 0.05) is 18.0 Å².